The number of rotatable bonds is 9. The molecule has 4 aliphatic rings. The molecule has 0 spiro atoms. The molecule has 3 nitrogen and oxygen atoms in total. The van der Waals surface area contributed by atoms with Crippen LogP contribution in [-0.4, -0.2) is 11.3 Å². The highest BCUT2D eigenvalue weighted by Crippen LogP contribution is 2.52. The van der Waals surface area contributed by atoms with Crippen molar-refractivity contribution in [1.29, 1.82) is 0 Å². The monoisotopic (exact) mass is 1370 g/mol. The van der Waals surface area contributed by atoms with E-state index in [0.717, 1.165) is 28.3 Å². The minimum Gasteiger partial charge on any atom is -0.311 e. The minimum atomic E-state index is -0.147. The molecule has 2 aliphatic carbocycles. The summed E-state index contributed by atoms with van der Waals surface area (Å²) < 4.78 is 2.53. The van der Waals surface area contributed by atoms with E-state index in [1.54, 1.807) is 0 Å². The van der Waals surface area contributed by atoms with Gasteiger partial charge >= 0.3 is 0 Å². The molecule has 0 amide bonds. The first-order valence-corrected chi connectivity index (χ1v) is 38.7. The van der Waals surface area contributed by atoms with E-state index in [-0.39, 0.29) is 39.2 Å². The average Bonchev–Trinajstić information content (AvgIpc) is 0.744. The Labute approximate surface area is 629 Å². The van der Waals surface area contributed by atoms with Gasteiger partial charge in [-0.05, 0) is 254 Å². The molecule has 1 aromatic heterocycles. The van der Waals surface area contributed by atoms with E-state index in [1.165, 1.54) is 176 Å². The van der Waals surface area contributed by atoms with Crippen molar-refractivity contribution in [2.75, 3.05) is 9.80 Å². The molecule has 522 valence electrons. The van der Waals surface area contributed by atoms with Gasteiger partial charge < -0.3 is 14.4 Å². The van der Waals surface area contributed by atoms with Gasteiger partial charge in [0.05, 0.1) is 11.0 Å². The average molecular weight is 1370 g/mol. The Balaban J connectivity index is 0.892. The zero-order valence-electron chi connectivity index (χ0n) is 64.3. The molecular formula is C102H96BN3. The second kappa shape index (κ2) is 24.4. The minimum absolute atomic E-state index is 0.0623. The molecule has 106 heavy (non-hydrogen) atoms. The SMILES string of the molecule is CC(C)(C)c1cc(-c2ccc3c(c2)N(c2ccc(-c4ccc5c(c4)C(C)(C)CCC5(C)C)cc2)c2cc(-c4ccccc4)cc4c2B3c2ccc(-n3c5ccc(-c6ccccc6)cc5c5cc(-c6ccccc6)ccc53)cc2N4c2ccc(-c3ccc4c(c3)C(C)(C)CCC4(C)C)cc2)cc(C(C)(C)C)c1. The topological polar surface area (TPSA) is 11.4 Å². The van der Waals surface area contributed by atoms with Crippen molar-refractivity contribution in [3.63, 3.8) is 0 Å². The van der Waals surface area contributed by atoms with Gasteiger partial charge in [-0.25, -0.2) is 0 Å². The summed E-state index contributed by atoms with van der Waals surface area (Å²) >= 11 is 0. The van der Waals surface area contributed by atoms with E-state index in [1.807, 2.05) is 0 Å². The zero-order valence-corrected chi connectivity index (χ0v) is 64.3. The van der Waals surface area contributed by atoms with Crippen LogP contribution in [0, 0.1) is 0 Å². The van der Waals surface area contributed by atoms with Crippen molar-refractivity contribution >= 4 is 79.0 Å². The van der Waals surface area contributed by atoms with Gasteiger partial charge in [0, 0.05) is 50.6 Å². The number of anilines is 6. The van der Waals surface area contributed by atoms with Gasteiger partial charge in [0.2, 0.25) is 0 Å². The molecule has 0 N–H and O–H groups in total. The lowest BCUT2D eigenvalue weighted by Crippen LogP contribution is -2.61. The van der Waals surface area contributed by atoms with Gasteiger partial charge in [-0.2, -0.15) is 0 Å². The third-order valence-electron chi connectivity index (χ3n) is 25.0. The van der Waals surface area contributed by atoms with E-state index < -0.39 is 0 Å². The largest absolute Gasteiger partial charge is 0.311 e. The molecule has 13 aromatic carbocycles. The smallest absolute Gasteiger partial charge is 0.252 e. The molecule has 0 atom stereocenters. The number of nitrogens with zero attached hydrogens (tertiary/aromatic N) is 3. The van der Waals surface area contributed by atoms with Gasteiger partial charge in [-0.15, -0.1) is 0 Å². The molecule has 0 saturated carbocycles. The Morgan fingerprint density at radius 1 is 0.264 bits per heavy atom. The second-order valence-corrected chi connectivity index (χ2v) is 35.9. The van der Waals surface area contributed by atoms with Crippen LogP contribution in [0.5, 0.6) is 0 Å². The van der Waals surface area contributed by atoms with Crippen molar-refractivity contribution in [3.8, 4) is 72.4 Å². The maximum absolute atomic E-state index is 2.63. The number of hydrogen-bond acceptors (Lipinski definition) is 2. The van der Waals surface area contributed by atoms with Gasteiger partial charge in [0.1, 0.15) is 0 Å². The van der Waals surface area contributed by atoms with Crippen LogP contribution in [0.25, 0.3) is 94.3 Å². The van der Waals surface area contributed by atoms with E-state index in [2.05, 4.69) is 390 Å². The summed E-state index contributed by atoms with van der Waals surface area (Å²) in [6, 6.07) is 108. The Morgan fingerprint density at radius 3 is 1.02 bits per heavy atom. The van der Waals surface area contributed by atoms with Crippen molar-refractivity contribution in [2.45, 2.75) is 155 Å². The molecule has 0 radical (unpaired) electrons. The lowest BCUT2D eigenvalue weighted by atomic mass is 9.33. The molecular weight excluding hydrogens is 1280 g/mol. The summed E-state index contributed by atoms with van der Waals surface area (Å²) in [6.45, 7) is 33.4. The van der Waals surface area contributed by atoms with Crippen molar-refractivity contribution < 1.29 is 0 Å². The molecule has 3 heterocycles. The van der Waals surface area contributed by atoms with Crippen LogP contribution >= 0.6 is 0 Å². The molecule has 0 bridgehead atoms. The fraction of sp³-hybridized carbons (Fsp3) is 0.235. The van der Waals surface area contributed by atoms with E-state index in [4.69, 9.17) is 0 Å². The van der Waals surface area contributed by atoms with Crippen molar-refractivity contribution in [1.82, 2.24) is 4.57 Å². The highest BCUT2D eigenvalue weighted by molar-refractivity contribution is 7.00. The van der Waals surface area contributed by atoms with Crippen LogP contribution in [0.4, 0.5) is 34.1 Å². The first-order valence-electron chi connectivity index (χ1n) is 38.7. The van der Waals surface area contributed by atoms with Gasteiger partial charge in [0.25, 0.3) is 6.71 Å². The first-order chi connectivity index (χ1) is 50.7. The summed E-state index contributed by atoms with van der Waals surface area (Å²) in [5, 5.41) is 2.44. The van der Waals surface area contributed by atoms with Crippen LogP contribution in [-0.2, 0) is 32.5 Å². The normalized spacial score (nSPS) is 15.9. The van der Waals surface area contributed by atoms with E-state index in [0.29, 0.717) is 0 Å². The Kier molecular flexibility index (Phi) is 15.5. The Hall–Kier alpha value is -10.7. The molecule has 18 rings (SSSR count). The number of aromatic nitrogens is 1. The molecule has 2 aliphatic heterocycles. The summed E-state index contributed by atoms with van der Waals surface area (Å²) in [5.41, 5.74) is 37.6. The predicted octanol–water partition coefficient (Wildman–Crippen LogP) is 26.2. The standard InChI is InChI=1S/C102H96BN3/c1-97(2,3)77-54-75(55-78(63-77)98(4,5)6)74-36-46-88-92(60-74)104(79-39-30-68(31-40-79)72-34-44-84-86(58-72)101(11,12)52-50-99(84,7)8)94-61-76(67-28-22-17-23-29-67)62-95-96(94)103(88)89-47-43-81(64-93(89)105(95)80-41-32-69(33-42-80)73-35-45-85-87(59-73)102(13,14)53-51-100(85,9)10)106-90-48-37-70(65-24-18-15-19-25-65)56-82(90)83-57-71(38-49-91(83)106)66-26-20-16-21-27-66/h15-49,54-64H,50-53H2,1-14H3. The third-order valence-corrected chi connectivity index (χ3v) is 25.0. The lowest BCUT2D eigenvalue weighted by molar-refractivity contribution is 0.332. The maximum atomic E-state index is 2.63. The zero-order chi connectivity index (χ0) is 73.1. The number of hydrogen-bond donors (Lipinski definition) is 0. The highest BCUT2D eigenvalue weighted by Gasteiger charge is 2.45. The fourth-order valence-corrected chi connectivity index (χ4v) is 18.4. The fourth-order valence-electron chi connectivity index (χ4n) is 18.4. The van der Waals surface area contributed by atoms with Crippen LogP contribution in [0.2, 0.25) is 0 Å². The molecule has 0 unspecified atom stereocenters. The van der Waals surface area contributed by atoms with Crippen LogP contribution in [0.3, 0.4) is 0 Å². The van der Waals surface area contributed by atoms with Crippen molar-refractivity contribution in [3.05, 3.63) is 312 Å². The highest BCUT2D eigenvalue weighted by atomic mass is 15.2. The Morgan fingerprint density at radius 2 is 0.585 bits per heavy atom. The van der Waals surface area contributed by atoms with Gasteiger partial charge in [0.15, 0.2) is 0 Å². The summed E-state index contributed by atoms with van der Waals surface area (Å²) in [5.74, 6) is 0. The molecule has 14 aromatic rings. The molecule has 4 heteroatoms. The summed E-state index contributed by atoms with van der Waals surface area (Å²) in [6.07, 6.45) is 4.72. The van der Waals surface area contributed by atoms with Crippen molar-refractivity contribution in [2.24, 2.45) is 0 Å². The van der Waals surface area contributed by atoms with E-state index in [9.17, 15) is 0 Å². The lowest BCUT2D eigenvalue weighted by Gasteiger charge is -2.45. The molecule has 0 saturated heterocycles. The van der Waals surface area contributed by atoms with Crippen LogP contribution < -0.4 is 26.2 Å². The van der Waals surface area contributed by atoms with Gasteiger partial charge in [-0.3, -0.25) is 0 Å². The second-order valence-electron chi connectivity index (χ2n) is 35.9. The summed E-state index contributed by atoms with van der Waals surface area (Å²) in [4.78, 5) is 5.26. The number of fused-ring (bicyclic) bond motifs is 9. The quantitative estimate of drug-likeness (QED) is 0.133. The first kappa shape index (κ1) is 67.2. The van der Waals surface area contributed by atoms with Gasteiger partial charge in [-0.1, -0.05) is 297 Å². The van der Waals surface area contributed by atoms with Crippen LogP contribution in [0.15, 0.2) is 279 Å². The van der Waals surface area contributed by atoms with Crippen LogP contribution in [0.1, 0.15) is 156 Å². The summed E-state index contributed by atoms with van der Waals surface area (Å²) in [7, 11) is 0. The predicted molar refractivity (Wildman–Crippen MR) is 455 cm³/mol. The maximum Gasteiger partial charge on any atom is 0.252 e. The third kappa shape index (κ3) is 11.3. The van der Waals surface area contributed by atoms with E-state index >= 15 is 0 Å². The molecule has 0 fully saturated rings. The number of benzene rings is 13. The Bertz CT molecular complexity index is 5710.